The van der Waals surface area contributed by atoms with Crippen LogP contribution >= 0.6 is 0 Å². The van der Waals surface area contributed by atoms with E-state index in [1.54, 1.807) is 0 Å². The largest absolute Gasteiger partial charge is 0.383 e. The summed E-state index contributed by atoms with van der Waals surface area (Å²) >= 11 is 0. The number of rotatable bonds is 0. The second kappa shape index (κ2) is 2.90. The van der Waals surface area contributed by atoms with Crippen LogP contribution in [0.2, 0.25) is 0 Å². The molecule has 0 saturated heterocycles. The van der Waals surface area contributed by atoms with Crippen molar-refractivity contribution >= 4 is 5.69 Å². The fraction of sp³-hybridized carbons (Fsp3) is 0.500. The SMILES string of the molecule is Cc1cnc2c(c1C)NCCC2(F)F. The van der Waals surface area contributed by atoms with E-state index in [2.05, 4.69) is 10.3 Å². The summed E-state index contributed by atoms with van der Waals surface area (Å²) in [6.07, 6.45) is 1.34. The van der Waals surface area contributed by atoms with E-state index in [9.17, 15) is 8.78 Å². The van der Waals surface area contributed by atoms with Crippen molar-refractivity contribution in [1.29, 1.82) is 0 Å². The lowest BCUT2D eigenvalue weighted by molar-refractivity contribution is -0.0168. The van der Waals surface area contributed by atoms with Crippen molar-refractivity contribution in [3.8, 4) is 0 Å². The number of hydrogen-bond acceptors (Lipinski definition) is 2. The van der Waals surface area contributed by atoms with E-state index in [1.165, 1.54) is 6.20 Å². The second-order valence-electron chi connectivity index (χ2n) is 3.67. The van der Waals surface area contributed by atoms with Gasteiger partial charge in [0.1, 0.15) is 5.69 Å². The minimum absolute atomic E-state index is 0.105. The van der Waals surface area contributed by atoms with Crippen LogP contribution in [0, 0.1) is 13.8 Å². The summed E-state index contributed by atoms with van der Waals surface area (Å²) in [6, 6.07) is 0. The van der Waals surface area contributed by atoms with Crippen LogP contribution in [0.25, 0.3) is 0 Å². The highest BCUT2D eigenvalue weighted by atomic mass is 19.3. The van der Waals surface area contributed by atoms with E-state index in [0.29, 0.717) is 12.2 Å². The number of hydrogen-bond donors (Lipinski definition) is 1. The zero-order valence-electron chi connectivity index (χ0n) is 8.19. The Kier molecular flexibility index (Phi) is 1.94. The number of fused-ring (bicyclic) bond motifs is 1. The standard InChI is InChI=1S/C10H12F2N2/c1-6-5-14-9-8(7(6)2)13-4-3-10(9,11)12/h5,13H,3-4H2,1-2H3. The summed E-state index contributed by atoms with van der Waals surface area (Å²) in [5.74, 6) is -2.78. The number of nitrogens with zero attached hydrogens (tertiary/aromatic N) is 1. The van der Waals surface area contributed by atoms with E-state index in [0.717, 1.165) is 11.1 Å². The number of aryl methyl sites for hydroxylation is 1. The monoisotopic (exact) mass is 198 g/mol. The Bertz CT molecular complexity index is 375. The maximum absolute atomic E-state index is 13.4. The lowest BCUT2D eigenvalue weighted by Gasteiger charge is -2.27. The van der Waals surface area contributed by atoms with Gasteiger partial charge in [-0.25, -0.2) is 0 Å². The fourth-order valence-corrected chi connectivity index (χ4v) is 1.65. The molecule has 0 amide bonds. The van der Waals surface area contributed by atoms with Gasteiger partial charge < -0.3 is 5.32 Å². The van der Waals surface area contributed by atoms with E-state index < -0.39 is 5.92 Å². The van der Waals surface area contributed by atoms with Crippen molar-refractivity contribution in [2.45, 2.75) is 26.2 Å². The highest BCUT2D eigenvalue weighted by Gasteiger charge is 2.39. The predicted molar refractivity (Wildman–Crippen MR) is 50.7 cm³/mol. The zero-order valence-corrected chi connectivity index (χ0v) is 8.19. The first-order chi connectivity index (χ1) is 6.52. The molecule has 2 nitrogen and oxygen atoms in total. The maximum atomic E-state index is 13.4. The van der Waals surface area contributed by atoms with Gasteiger partial charge in [-0.05, 0) is 25.0 Å². The summed E-state index contributed by atoms with van der Waals surface area (Å²) in [6.45, 7) is 4.02. The van der Waals surface area contributed by atoms with Crippen LogP contribution in [0.3, 0.4) is 0 Å². The average molecular weight is 198 g/mol. The zero-order chi connectivity index (χ0) is 10.3. The molecule has 0 spiro atoms. The molecule has 4 heteroatoms. The molecule has 1 aromatic rings. The highest BCUT2D eigenvalue weighted by molar-refractivity contribution is 5.59. The Balaban J connectivity index is 2.62. The normalized spacial score (nSPS) is 18.6. The molecular formula is C10H12F2N2. The van der Waals surface area contributed by atoms with E-state index in [1.807, 2.05) is 13.8 Å². The van der Waals surface area contributed by atoms with Crippen molar-refractivity contribution in [3.05, 3.63) is 23.0 Å². The van der Waals surface area contributed by atoms with E-state index >= 15 is 0 Å². The molecule has 0 radical (unpaired) electrons. The summed E-state index contributed by atoms with van der Waals surface area (Å²) < 4.78 is 26.8. The molecule has 1 N–H and O–H groups in total. The van der Waals surface area contributed by atoms with Gasteiger partial charge in [0.05, 0.1) is 5.69 Å². The number of alkyl halides is 2. The Hall–Kier alpha value is -1.19. The molecule has 0 unspecified atom stereocenters. The van der Waals surface area contributed by atoms with Crippen LogP contribution < -0.4 is 5.32 Å². The van der Waals surface area contributed by atoms with Gasteiger partial charge in [0.2, 0.25) is 0 Å². The van der Waals surface area contributed by atoms with Crippen molar-refractivity contribution in [1.82, 2.24) is 4.98 Å². The molecule has 1 aliphatic rings. The minimum Gasteiger partial charge on any atom is -0.383 e. The number of aromatic nitrogens is 1. The van der Waals surface area contributed by atoms with Crippen LogP contribution in [0.1, 0.15) is 23.2 Å². The van der Waals surface area contributed by atoms with Gasteiger partial charge in [-0.3, -0.25) is 4.98 Å². The summed E-state index contributed by atoms with van der Waals surface area (Å²) in [7, 11) is 0. The van der Waals surface area contributed by atoms with Crippen molar-refractivity contribution in [3.63, 3.8) is 0 Å². The summed E-state index contributed by atoms with van der Waals surface area (Å²) in [5, 5.41) is 2.98. The molecule has 14 heavy (non-hydrogen) atoms. The van der Waals surface area contributed by atoms with Gasteiger partial charge in [-0.2, -0.15) is 8.78 Å². The first-order valence-electron chi connectivity index (χ1n) is 4.61. The molecule has 2 rings (SSSR count). The molecule has 2 heterocycles. The minimum atomic E-state index is -2.78. The highest BCUT2D eigenvalue weighted by Crippen LogP contribution is 2.40. The lowest BCUT2D eigenvalue weighted by atomic mass is 10.0. The molecule has 0 atom stereocenters. The van der Waals surface area contributed by atoms with Crippen LogP contribution in [0.4, 0.5) is 14.5 Å². The first-order valence-corrected chi connectivity index (χ1v) is 4.61. The molecule has 0 bridgehead atoms. The van der Waals surface area contributed by atoms with Crippen LogP contribution in [-0.4, -0.2) is 11.5 Å². The first kappa shape index (κ1) is 9.37. The second-order valence-corrected chi connectivity index (χ2v) is 3.67. The maximum Gasteiger partial charge on any atom is 0.293 e. The van der Waals surface area contributed by atoms with Gasteiger partial charge in [0.15, 0.2) is 0 Å². The van der Waals surface area contributed by atoms with Crippen LogP contribution in [-0.2, 0) is 5.92 Å². The number of halogens is 2. The molecule has 1 aliphatic heterocycles. The third-order valence-electron chi connectivity index (χ3n) is 2.68. The smallest absolute Gasteiger partial charge is 0.293 e. The van der Waals surface area contributed by atoms with Crippen molar-refractivity contribution < 1.29 is 8.78 Å². The average Bonchev–Trinajstić information content (AvgIpc) is 2.11. The molecule has 1 aromatic heterocycles. The predicted octanol–water partition coefficient (Wildman–Crippen LogP) is 2.61. The Labute approximate surface area is 81.4 Å². The Morgan fingerprint density at radius 3 is 2.86 bits per heavy atom. The van der Waals surface area contributed by atoms with Gasteiger partial charge in [-0.1, -0.05) is 0 Å². The fourth-order valence-electron chi connectivity index (χ4n) is 1.65. The van der Waals surface area contributed by atoms with E-state index in [-0.39, 0.29) is 12.1 Å². The number of pyridine rings is 1. The summed E-state index contributed by atoms with van der Waals surface area (Å²) in [4.78, 5) is 3.82. The summed E-state index contributed by atoms with van der Waals surface area (Å²) in [5.41, 5.74) is 2.22. The lowest BCUT2D eigenvalue weighted by Crippen LogP contribution is -2.28. The van der Waals surface area contributed by atoms with Crippen molar-refractivity contribution in [2.24, 2.45) is 0 Å². The van der Waals surface area contributed by atoms with Crippen molar-refractivity contribution in [2.75, 3.05) is 11.9 Å². The van der Waals surface area contributed by atoms with Gasteiger partial charge in [-0.15, -0.1) is 0 Å². The third kappa shape index (κ3) is 1.25. The Morgan fingerprint density at radius 2 is 2.14 bits per heavy atom. The number of anilines is 1. The Morgan fingerprint density at radius 1 is 1.43 bits per heavy atom. The molecule has 0 aliphatic carbocycles. The van der Waals surface area contributed by atoms with Crippen LogP contribution in [0.5, 0.6) is 0 Å². The van der Waals surface area contributed by atoms with Gasteiger partial charge >= 0.3 is 0 Å². The van der Waals surface area contributed by atoms with E-state index in [4.69, 9.17) is 0 Å². The molecule has 0 saturated carbocycles. The number of nitrogens with one attached hydrogen (secondary N) is 1. The van der Waals surface area contributed by atoms with Crippen LogP contribution in [0.15, 0.2) is 6.20 Å². The van der Waals surface area contributed by atoms with Gasteiger partial charge in [0.25, 0.3) is 5.92 Å². The molecule has 0 fully saturated rings. The third-order valence-corrected chi connectivity index (χ3v) is 2.68. The molecule has 0 aromatic carbocycles. The topological polar surface area (TPSA) is 24.9 Å². The molecule has 76 valence electrons. The van der Waals surface area contributed by atoms with Gasteiger partial charge in [0, 0.05) is 19.2 Å². The molecular weight excluding hydrogens is 186 g/mol. The quantitative estimate of drug-likeness (QED) is 0.693.